The number of benzene rings is 2. The van der Waals surface area contributed by atoms with Crippen LogP contribution in [0.1, 0.15) is 55.6 Å². The molecule has 0 unspecified atom stereocenters. The van der Waals surface area contributed by atoms with Crippen LogP contribution in [0.4, 0.5) is 18.9 Å². The van der Waals surface area contributed by atoms with E-state index in [0.29, 0.717) is 5.56 Å². The molecule has 0 fully saturated rings. The van der Waals surface area contributed by atoms with E-state index in [4.69, 9.17) is 11.6 Å². The molecule has 0 aliphatic rings. The molecule has 0 saturated heterocycles. The summed E-state index contributed by atoms with van der Waals surface area (Å²) in [5, 5.41) is 5.78. The molecule has 2 rings (SSSR count). The van der Waals surface area contributed by atoms with Gasteiger partial charge in [0, 0.05) is 17.0 Å². The second-order valence-electron chi connectivity index (χ2n) is 8.03. The number of carbonyl (C=O) groups is 2. The zero-order valence-corrected chi connectivity index (χ0v) is 18.3. The Kier molecular flexibility index (Phi) is 7.49. The average Bonchev–Trinajstić information content (AvgIpc) is 2.66. The molecule has 5 nitrogen and oxygen atoms in total. The van der Waals surface area contributed by atoms with Crippen molar-refractivity contribution in [3.8, 4) is 0 Å². The Morgan fingerprint density at radius 2 is 1.65 bits per heavy atom. The zero-order chi connectivity index (χ0) is 23.4. The van der Waals surface area contributed by atoms with E-state index in [1.54, 1.807) is 12.1 Å². The molecule has 0 aromatic heterocycles. The quantitative estimate of drug-likeness (QED) is 0.444. The number of nitrogens with zero attached hydrogens (tertiary/aromatic N) is 1. The van der Waals surface area contributed by atoms with E-state index in [1.165, 1.54) is 13.0 Å². The van der Waals surface area contributed by atoms with E-state index < -0.39 is 28.6 Å². The van der Waals surface area contributed by atoms with Crippen LogP contribution < -0.4 is 10.7 Å². The van der Waals surface area contributed by atoms with Crippen LogP contribution in [-0.4, -0.2) is 17.5 Å². The minimum Gasteiger partial charge on any atom is -0.326 e. The third-order valence-corrected chi connectivity index (χ3v) is 4.66. The van der Waals surface area contributed by atoms with Gasteiger partial charge in [-0.2, -0.15) is 18.3 Å². The van der Waals surface area contributed by atoms with Crippen LogP contribution in [0.3, 0.4) is 0 Å². The van der Waals surface area contributed by atoms with Crippen LogP contribution in [-0.2, 0) is 16.4 Å². The lowest BCUT2D eigenvalue weighted by Gasteiger charge is -2.18. The first-order valence-corrected chi connectivity index (χ1v) is 9.76. The summed E-state index contributed by atoms with van der Waals surface area (Å²) in [4.78, 5) is 24.3. The fraction of sp³-hybridized carbons (Fsp3) is 0.318. The molecular weight excluding hydrogens is 431 g/mol. The summed E-state index contributed by atoms with van der Waals surface area (Å²) in [6.07, 6.45) is -4.85. The topological polar surface area (TPSA) is 70.6 Å². The first-order valence-electron chi connectivity index (χ1n) is 9.38. The first kappa shape index (κ1) is 24.4. The van der Waals surface area contributed by atoms with Crippen molar-refractivity contribution in [3.63, 3.8) is 0 Å². The summed E-state index contributed by atoms with van der Waals surface area (Å²) in [6.45, 7) is 7.71. The van der Waals surface area contributed by atoms with E-state index in [9.17, 15) is 22.8 Å². The number of amides is 2. The SMILES string of the molecule is C/C(CC(=O)Nc1ccc(Cl)c(C(F)(F)F)c1)=N\NC(=O)c1ccc(C(C)(C)C)cc1. The molecule has 31 heavy (non-hydrogen) atoms. The molecule has 166 valence electrons. The molecule has 2 N–H and O–H groups in total. The van der Waals surface area contributed by atoms with Gasteiger partial charge in [0.25, 0.3) is 5.91 Å². The fourth-order valence-corrected chi connectivity index (χ4v) is 2.85. The van der Waals surface area contributed by atoms with E-state index in [2.05, 4.69) is 36.6 Å². The molecule has 0 bridgehead atoms. The van der Waals surface area contributed by atoms with Crippen LogP contribution in [0.25, 0.3) is 0 Å². The smallest absolute Gasteiger partial charge is 0.326 e. The van der Waals surface area contributed by atoms with E-state index in [1.807, 2.05) is 12.1 Å². The Balaban J connectivity index is 1.96. The lowest BCUT2D eigenvalue weighted by Crippen LogP contribution is -2.22. The van der Waals surface area contributed by atoms with Crippen LogP contribution >= 0.6 is 11.6 Å². The lowest BCUT2D eigenvalue weighted by molar-refractivity contribution is -0.137. The number of halogens is 4. The van der Waals surface area contributed by atoms with E-state index in [0.717, 1.165) is 17.7 Å². The van der Waals surface area contributed by atoms with Crippen LogP contribution in [0.15, 0.2) is 47.6 Å². The van der Waals surface area contributed by atoms with Crippen LogP contribution in [0, 0.1) is 0 Å². The number of hydrogen-bond acceptors (Lipinski definition) is 3. The highest BCUT2D eigenvalue weighted by molar-refractivity contribution is 6.31. The molecule has 2 amide bonds. The Morgan fingerprint density at radius 1 is 1.03 bits per heavy atom. The van der Waals surface area contributed by atoms with Gasteiger partial charge in [0.1, 0.15) is 0 Å². The molecular formula is C22H23ClF3N3O2. The summed E-state index contributed by atoms with van der Waals surface area (Å²) in [5.41, 5.74) is 3.01. The van der Waals surface area contributed by atoms with Gasteiger partial charge in [-0.1, -0.05) is 44.5 Å². The van der Waals surface area contributed by atoms with Gasteiger partial charge in [-0.05, 0) is 48.2 Å². The highest BCUT2D eigenvalue weighted by Gasteiger charge is 2.33. The monoisotopic (exact) mass is 453 g/mol. The molecule has 0 saturated carbocycles. The third-order valence-electron chi connectivity index (χ3n) is 4.33. The summed E-state index contributed by atoms with van der Waals surface area (Å²) < 4.78 is 38.7. The van der Waals surface area contributed by atoms with Gasteiger partial charge in [0.15, 0.2) is 0 Å². The molecule has 2 aromatic carbocycles. The number of carbonyl (C=O) groups excluding carboxylic acids is 2. The highest BCUT2D eigenvalue weighted by atomic mass is 35.5. The van der Waals surface area contributed by atoms with Gasteiger partial charge < -0.3 is 5.32 Å². The number of anilines is 1. The summed E-state index contributed by atoms with van der Waals surface area (Å²) in [5.74, 6) is -1.02. The number of nitrogens with one attached hydrogen (secondary N) is 2. The largest absolute Gasteiger partial charge is 0.417 e. The Hall–Kier alpha value is -2.87. The maximum Gasteiger partial charge on any atom is 0.417 e. The minimum atomic E-state index is -4.63. The van der Waals surface area contributed by atoms with Crippen molar-refractivity contribution in [1.82, 2.24) is 5.43 Å². The van der Waals surface area contributed by atoms with Crippen molar-refractivity contribution in [3.05, 3.63) is 64.2 Å². The minimum absolute atomic E-state index is 0.0396. The molecule has 0 atom stereocenters. The predicted octanol–water partition coefficient (Wildman–Crippen LogP) is 5.79. The van der Waals surface area contributed by atoms with Crippen molar-refractivity contribution in [2.24, 2.45) is 5.10 Å². The Labute approximate surface area is 183 Å². The molecule has 2 aromatic rings. The normalized spacial score (nSPS) is 12.5. The number of hydrazone groups is 1. The highest BCUT2D eigenvalue weighted by Crippen LogP contribution is 2.36. The van der Waals surface area contributed by atoms with Gasteiger partial charge in [0.2, 0.25) is 5.91 Å². The van der Waals surface area contributed by atoms with Gasteiger partial charge in [-0.25, -0.2) is 5.43 Å². The molecule has 0 aliphatic carbocycles. The second kappa shape index (κ2) is 9.51. The van der Waals surface area contributed by atoms with Gasteiger partial charge in [-0.3, -0.25) is 9.59 Å². The maximum atomic E-state index is 12.9. The number of rotatable bonds is 5. The first-order chi connectivity index (χ1) is 14.3. The number of alkyl halides is 3. The Morgan fingerprint density at radius 3 is 2.19 bits per heavy atom. The molecule has 0 radical (unpaired) electrons. The third kappa shape index (κ3) is 7.10. The molecule has 0 spiro atoms. The van der Waals surface area contributed by atoms with Crippen LogP contribution in [0.2, 0.25) is 5.02 Å². The standard InChI is InChI=1S/C22H23ClF3N3O2/c1-13(28-29-20(31)14-5-7-15(8-6-14)21(2,3)4)11-19(30)27-16-9-10-18(23)17(12-16)22(24,25)26/h5-10,12H,11H2,1-4H3,(H,27,30)(H,29,31)/b28-13+. The van der Waals surface area contributed by atoms with E-state index in [-0.39, 0.29) is 23.2 Å². The lowest BCUT2D eigenvalue weighted by atomic mass is 9.87. The summed E-state index contributed by atoms with van der Waals surface area (Å²) >= 11 is 5.56. The Bertz CT molecular complexity index is 995. The average molecular weight is 454 g/mol. The summed E-state index contributed by atoms with van der Waals surface area (Å²) in [6, 6.07) is 10.2. The number of hydrogen-bond donors (Lipinski definition) is 2. The van der Waals surface area contributed by atoms with Crippen LogP contribution in [0.5, 0.6) is 0 Å². The molecule has 0 heterocycles. The van der Waals surface area contributed by atoms with Crippen molar-refractivity contribution in [1.29, 1.82) is 0 Å². The van der Waals surface area contributed by atoms with Crippen molar-refractivity contribution < 1.29 is 22.8 Å². The fourth-order valence-electron chi connectivity index (χ4n) is 2.63. The summed E-state index contributed by atoms with van der Waals surface area (Å²) in [7, 11) is 0. The van der Waals surface area contributed by atoms with Gasteiger partial charge in [-0.15, -0.1) is 0 Å². The van der Waals surface area contributed by atoms with E-state index >= 15 is 0 Å². The van der Waals surface area contributed by atoms with Crippen molar-refractivity contribution in [2.45, 2.75) is 45.7 Å². The predicted molar refractivity (Wildman–Crippen MR) is 115 cm³/mol. The second-order valence-corrected chi connectivity index (χ2v) is 8.44. The zero-order valence-electron chi connectivity index (χ0n) is 17.5. The van der Waals surface area contributed by atoms with Gasteiger partial charge >= 0.3 is 6.18 Å². The molecule has 0 aliphatic heterocycles. The van der Waals surface area contributed by atoms with Crippen molar-refractivity contribution >= 4 is 34.8 Å². The maximum absolute atomic E-state index is 12.9. The van der Waals surface area contributed by atoms with Gasteiger partial charge in [0.05, 0.1) is 17.0 Å². The van der Waals surface area contributed by atoms with Crippen molar-refractivity contribution in [2.75, 3.05) is 5.32 Å². The molecule has 9 heteroatoms.